The molecule has 0 radical (unpaired) electrons. The van der Waals surface area contributed by atoms with E-state index >= 15 is 0 Å². The second-order valence-electron chi connectivity index (χ2n) is 6.78. The summed E-state index contributed by atoms with van der Waals surface area (Å²) in [5, 5.41) is 7.27. The van der Waals surface area contributed by atoms with E-state index in [4.69, 9.17) is 4.74 Å². The van der Waals surface area contributed by atoms with Crippen LogP contribution in [-0.2, 0) is 7.05 Å². The smallest absolute Gasteiger partial charge is 0.318 e. The number of nitrogens with zero attached hydrogens (tertiary/aromatic N) is 3. The van der Waals surface area contributed by atoms with Crippen LogP contribution in [0, 0.1) is 6.92 Å². The molecule has 1 fully saturated rings. The van der Waals surface area contributed by atoms with Crippen molar-refractivity contribution in [1.29, 1.82) is 0 Å². The minimum absolute atomic E-state index is 0.0355. The molecule has 25 heavy (non-hydrogen) atoms. The van der Waals surface area contributed by atoms with E-state index in [9.17, 15) is 4.79 Å². The molecule has 134 valence electrons. The van der Waals surface area contributed by atoms with Gasteiger partial charge in [-0.1, -0.05) is 12.1 Å². The first-order chi connectivity index (χ1) is 12.0. The van der Waals surface area contributed by atoms with Crippen molar-refractivity contribution in [2.24, 2.45) is 7.05 Å². The molecule has 6 heteroatoms. The van der Waals surface area contributed by atoms with Gasteiger partial charge in [0.05, 0.1) is 18.3 Å². The van der Waals surface area contributed by atoms with Crippen LogP contribution in [0.5, 0.6) is 5.75 Å². The molecule has 0 bridgehead atoms. The van der Waals surface area contributed by atoms with Gasteiger partial charge in [-0.25, -0.2) is 4.79 Å². The maximum atomic E-state index is 12.6. The molecule has 1 aromatic carbocycles. The average molecular weight is 342 g/mol. The molecule has 1 aliphatic rings. The van der Waals surface area contributed by atoms with Gasteiger partial charge in [0.25, 0.3) is 0 Å². The van der Waals surface area contributed by atoms with E-state index in [2.05, 4.69) is 10.4 Å². The highest BCUT2D eigenvalue weighted by molar-refractivity contribution is 5.75. The Morgan fingerprint density at radius 1 is 1.48 bits per heavy atom. The largest absolute Gasteiger partial charge is 0.491 e. The maximum absolute atomic E-state index is 12.6. The van der Waals surface area contributed by atoms with Gasteiger partial charge in [-0.05, 0) is 44.4 Å². The van der Waals surface area contributed by atoms with Crippen molar-refractivity contribution in [2.75, 3.05) is 13.2 Å². The van der Waals surface area contributed by atoms with E-state index in [1.54, 1.807) is 4.68 Å². The Bertz CT molecular complexity index is 728. The molecule has 6 nitrogen and oxygen atoms in total. The highest BCUT2D eigenvalue weighted by Crippen LogP contribution is 2.31. The van der Waals surface area contributed by atoms with Gasteiger partial charge in [-0.15, -0.1) is 0 Å². The van der Waals surface area contributed by atoms with Crippen LogP contribution < -0.4 is 10.1 Å². The van der Waals surface area contributed by atoms with Crippen molar-refractivity contribution in [1.82, 2.24) is 20.0 Å². The predicted molar refractivity (Wildman–Crippen MR) is 96.6 cm³/mol. The molecule has 3 rings (SSSR count). The maximum Gasteiger partial charge on any atom is 0.318 e. The second kappa shape index (κ2) is 7.59. The fourth-order valence-corrected chi connectivity index (χ4v) is 3.23. The van der Waals surface area contributed by atoms with Gasteiger partial charge in [0.2, 0.25) is 0 Å². The molecule has 2 unspecified atom stereocenters. The van der Waals surface area contributed by atoms with Crippen LogP contribution in [0.4, 0.5) is 4.79 Å². The van der Waals surface area contributed by atoms with E-state index in [-0.39, 0.29) is 18.1 Å². The summed E-state index contributed by atoms with van der Waals surface area (Å²) in [6, 6.07) is 7.93. The molecule has 2 atom stereocenters. The van der Waals surface area contributed by atoms with Crippen molar-refractivity contribution in [3.05, 3.63) is 47.8 Å². The van der Waals surface area contributed by atoms with Crippen LogP contribution in [0.2, 0.25) is 0 Å². The summed E-state index contributed by atoms with van der Waals surface area (Å²) in [4.78, 5) is 14.5. The molecular formula is C19H26N4O2. The van der Waals surface area contributed by atoms with E-state index in [0.717, 1.165) is 36.3 Å². The minimum Gasteiger partial charge on any atom is -0.491 e. The van der Waals surface area contributed by atoms with Crippen molar-refractivity contribution in [3.8, 4) is 5.75 Å². The molecule has 2 amide bonds. The summed E-state index contributed by atoms with van der Waals surface area (Å²) in [5.41, 5.74) is 2.25. The Morgan fingerprint density at radius 3 is 3.04 bits per heavy atom. The molecule has 0 saturated carbocycles. The quantitative estimate of drug-likeness (QED) is 0.908. The number of benzene rings is 1. The third-order valence-corrected chi connectivity index (χ3v) is 4.48. The van der Waals surface area contributed by atoms with Gasteiger partial charge >= 0.3 is 6.03 Å². The molecule has 0 spiro atoms. The summed E-state index contributed by atoms with van der Waals surface area (Å²) in [6.07, 6.45) is 5.83. The number of amides is 2. The number of likely N-dealkylation sites (tertiary alicyclic amines) is 1. The molecule has 1 N–H and O–H groups in total. The first kappa shape index (κ1) is 17.3. The van der Waals surface area contributed by atoms with Crippen molar-refractivity contribution < 1.29 is 9.53 Å². The van der Waals surface area contributed by atoms with Crippen molar-refractivity contribution >= 4 is 6.03 Å². The van der Waals surface area contributed by atoms with Gasteiger partial charge < -0.3 is 15.0 Å². The zero-order chi connectivity index (χ0) is 17.8. The number of aryl methyl sites for hydroxylation is 2. The third kappa shape index (κ3) is 4.32. The van der Waals surface area contributed by atoms with Crippen molar-refractivity contribution in [2.45, 2.75) is 38.8 Å². The number of ether oxygens (including phenoxy) is 1. The van der Waals surface area contributed by atoms with Crippen LogP contribution >= 0.6 is 0 Å². The summed E-state index contributed by atoms with van der Waals surface area (Å²) >= 11 is 0. The van der Waals surface area contributed by atoms with Gasteiger partial charge in [0, 0.05) is 25.4 Å². The van der Waals surface area contributed by atoms with Crippen LogP contribution in [0.3, 0.4) is 0 Å². The van der Waals surface area contributed by atoms with E-state index in [1.165, 1.54) is 0 Å². The van der Waals surface area contributed by atoms with Crippen LogP contribution in [0.1, 0.15) is 36.9 Å². The van der Waals surface area contributed by atoms with Crippen LogP contribution in [0.25, 0.3) is 0 Å². The Kier molecular flexibility index (Phi) is 5.26. The summed E-state index contributed by atoms with van der Waals surface area (Å²) in [6.45, 7) is 5.21. The number of urea groups is 1. The molecule has 2 aromatic rings. The van der Waals surface area contributed by atoms with Gasteiger partial charge in [-0.2, -0.15) is 5.10 Å². The summed E-state index contributed by atoms with van der Waals surface area (Å²) in [7, 11) is 1.90. The first-order valence-corrected chi connectivity index (χ1v) is 8.78. The lowest BCUT2D eigenvalue weighted by Gasteiger charge is -2.26. The van der Waals surface area contributed by atoms with E-state index < -0.39 is 0 Å². The number of rotatable bonds is 5. The number of nitrogens with one attached hydrogen (secondary N) is 1. The Hall–Kier alpha value is -2.50. The molecule has 1 aromatic heterocycles. The van der Waals surface area contributed by atoms with E-state index in [0.29, 0.717) is 6.61 Å². The zero-order valence-electron chi connectivity index (χ0n) is 15.1. The number of hydrogen-bond donors (Lipinski definition) is 1. The lowest BCUT2D eigenvalue weighted by atomic mass is 10.1. The number of carbonyl (C=O) groups is 1. The number of carbonyl (C=O) groups excluding carboxylic acids is 1. The lowest BCUT2D eigenvalue weighted by Crippen LogP contribution is -2.45. The fourth-order valence-electron chi connectivity index (χ4n) is 3.23. The number of aromatic nitrogens is 2. The third-order valence-electron chi connectivity index (χ3n) is 4.48. The highest BCUT2D eigenvalue weighted by Gasteiger charge is 2.31. The first-order valence-electron chi connectivity index (χ1n) is 8.78. The standard InChI is InChI=1S/C19H26N4O2/c1-14-6-4-7-17(10-14)25-13-15(2)21-19(24)23-9-5-8-18(23)16-11-20-22(3)12-16/h4,6-7,10-12,15,18H,5,8-9,13H2,1-3H3,(H,21,24). The normalized spacial score (nSPS) is 18.2. The van der Waals surface area contributed by atoms with Gasteiger partial charge in [0.15, 0.2) is 0 Å². The SMILES string of the molecule is Cc1cccc(OCC(C)NC(=O)N2CCCC2c2cnn(C)c2)c1. The lowest BCUT2D eigenvalue weighted by molar-refractivity contribution is 0.183. The molecule has 1 saturated heterocycles. The topological polar surface area (TPSA) is 59.4 Å². The van der Waals surface area contributed by atoms with Crippen LogP contribution in [-0.4, -0.2) is 39.9 Å². The second-order valence-corrected chi connectivity index (χ2v) is 6.78. The summed E-state index contributed by atoms with van der Waals surface area (Å²) in [5.74, 6) is 0.829. The van der Waals surface area contributed by atoms with Crippen LogP contribution in [0.15, 0.2) is 36.7 Å². The predicted octanol–water partition coefficient (Wildman–Crippen LogP) is 3.04. The van der Waals surface area contributed by atoms with Gasteiger partial charge in [-0.3, -0.25) is 4.68 Å². The Labute approximate surface area is 148 Å². The Balaban J connectivity index is 1.54. The minimum atomic E-state index is -0.0665. The average Bonchev–Trinajstić information content (AvgIpc) is 3.21. The van der Waals surface area contributed by atoms with Gasteiger partial charge in [0.1, 0.15) is 12.4 Å². The van der Waals surface area contributed by atoms with Crippen molar-refractivity contribution in [3.63, 3.8) is 0 Å². The zero-order valence-corrected chi connectivity index (χ0v) is 15.1. The number of hydrogen-bond acceptors (Lipinski definition) is 3. The molecule has 1 aliphatic heterocycles. The monoisotopic (exact) mass is 342 g/mol. The Morgan fingerprint density at radius 2 is 2.32 bits per heavy atom. The molecule has 0 aliphatic carbocycles. The fraction of sp³-hybridized carbons (Fsp3) is 0.474. The summed E-state index contributed by atoms with van der Waals surface area (Å²) < 4.78 is 7.56. The highest BCUT2D eigenvalue weighted by atomic mass is 16.5. The molecule has 2 heterocycles. The molecular weight excluding hydrogens is 316 g/mol. The van der Waals surface area contributed by atoms with E-state index in [1.807, 2.05) is 62.5 Å².